The molecule has 0 aliphatic carbocycles. The Bertz CT molecular complexity index is 547. The van der Waals surface area contributed by atoms with Crippen LogP contribution in [0.25, 0.3) is 0 Å². The summed E-state index contributed by atoms with van der Waals surface area (Å²) < 4.78 is 5.83. The van der Waals surface area contributed by atoms with E-state index in [0.717, 1.165) is 11.3 Å². The predicted molar refractivity (Wildman–Crippen MR) is 73.9 cm³/mol. The molecule has 0 fully saturated rings. The molecule has 2 rings (SSSR count). The molecular formula is C12H13BrN4O. The molecule has 1 heterocycles. The average molecular weight is 309 g/mol. The first-order valence-electron chi connectivity index (χ1n) is 5.36. The smallest absolute Gasteiger partial charge is 0.232 e. The molecule has 0 radical (unpaired) electrons. The van der Waals surface area contributed by atoms with E-state index in [2.05, 4.69) is 31.2 Å². The van der Waals surface area contributed by atoms with Gasteiger partial charge in [0.2, 0.25) is 11.8 Å². The van der Waals surface area contributed by atoms with E-state index in [1.165, 1.54) is 0 Å². The summed E-state index contributed by atoms with van der Waals surface area (Å²) in [5.41, 5.74) is 7.57. The summed E-state index contributed by atoms with van der Waals surface area (Å²) >= 11 is 3.31. The fraction of sp³-hybridized carbons (Fsp3) is 0.167. The van der Waals surface area contributed by atoms with Crippen molar-refractivity contribution in [3.8, 4) is 5.88 Å². The number of nitrogens with zero attached hydrogens (tertiary/aromatic N) is 2. The highest BCUT2D eigenvalue weighted by Gasteiger charge is 2.06. The topological polar surface area (TPSA) is 73.1 Å². The van der Waals surface area contributed by atoms with Gasteiger partial charge in [-0.1, -0.05) is 18.2 Å². The standard InChI is InChI=1S/C12H13BrN4O/c1-18-11-9(13)7-15-12(17-11)16-10-5-3-2-4-8(10)6-14/h2-5,7H,6,14H2,1H3,(H,15,16,17). The largest absolute Gasteiger partial charge is 0.480 e. The van der Waals surface area contributed by atoms with Gasteiger partial charge in [-0.3, -0.25) is 0 Å². The Kier molecular flexibility index (Phi) is 4.11. The second kappa shape index (κ2) is 5.79. The molecule has 6 heteroatoms. The van der Waals surface area contributed by atoms with Crippen molar-refractivity contribution in [2.75, 3.05) is 12.4 Å². The summed E-state index contributed by atoms with van der Waals surface area (Å²) in [6, 6.07) is 7.76. The monoisotopic (exact) mass is 308 g/mol. The molecule has 0 atom stereocenters. The molecule has 0 bridgehead atoms. The van der Waals surface area contributed by atoms with Crippen LogP contribution in [0.1, 0.15) is 5.56 Å². The Balaban J connectivity index is 2.28. The zero-order valence-electron chi connectivity index (χ0n) is 9.85. The lowest BCUT2D eigenvalue weighted by molar-refractivity contribution is 0.394. The molecular weight excluding hydrogens is 296 g/mol. The molecule has 5 nitrogen and oxygen atoms in total. The zero-order valence-corrected chi connectivity index (χ0v) is 11.4. The number of hydrogen-bond donors (Lipinski definition) is 2. The van der Waals surface area contributed by atoms with Crippen molar-refractivity contribution in [3.63, 3.8) is 0 Å². The summed E-state index contributed by atoms with van der Waals surface area (Å²) in [5, 5.41) is 3.12. The Labute approximate surface area is 114 Å². The molecule has 18 heavy (non-hydrogen) atoms. The third-order valence-corrected chi connectivity index (χ3v) is 2.93. The maximum atomic E-state index is 5.67. The van der Waals surface area contributed by atoms with Crippen LogP contribution < -0.4 is 15.8 Å². The Hall–Kier alpha value is -1.66. The number of rotatable bonds is 4. The van der Waals surface area contributed by atoms with Crippen molar-refractivity contribution < 1.29 is 4.74 Å². The quantitative estimate of drug-likeness (QED) is 0.907. The van der Waals surface area contributed by atoms with Crippen molar-refractivity contribution in [2.24, 2.45) is 5.73 Å². The molecule has 0 spiro atoms. The SMILES string of the molecule is COc1nc(Nc2ccccc2CN)ncc1Br. The summed E-state index contributed by atoms with van der Waals surface area (Å²) in [7, 11) is 1.56. The normalized spacial score (nSPS) is 10.2. The van der Waals surface area contributed by atoms with Crippen LogP contribution in [-0.2, 0) is 6.54 Å². The predicted octanol–water partition coefficient (Wildman–Crippen LogP) is 2.45. The van der Waals surface area contributed by atoms with Gasteiger partial charge in [-0.15, -0.1) is 0 Å². The number of aromatic nitrogens is 2. The van der Waals surface area contributed by atoms with Gasteiger partial charge in [0.05, 0.1) is 17.8 Å². The number of nitrogens with one attached hydrogen (secondary N) is 1. The minimum Gasteiger partial charge on any atom is -0.480 e. The van der Waals surface area contributed by atoms with E-state index in [1.807, 2.05) is 24.3 Å². The number of nitrogens with two attached hydrogens (primary N) is 1. The minimum absolute atomic E-state index is 0.455. The van der Waals surface area contributed by atoms with Gasteiger partial charge in [-0.25, -0.2) is 4.98 Å². The molecule has 0 aliphatic rings. The van der Waals surface area contributed by atoms with Crippen LogP contribution >= 0.6 is 15.9 Å². The number of hydrogen-bond acceptors (Lipinski definition) is 5. The Morgan fingerprint density at radius 2 is 2.17 bits per heavy atom. The molecule has 1 aromatic heterocycles. The summed E-state index contributed by atoms with van der Waals surface area (Å²) in [4.78, 5) is 8.40. The van der Waals surface area contributed by atoms with Crippen LogP contribution in [0.5, 0.6) is 5.88 Å². The molecule has 0 saturated carbocycles. The first-order chi connectivity index (χ1) is 8.74. The average Bonchev–Trinajstić information content (AvgIpc) is 2.41. The fourth-order valence-corrected chi connectivity index (χ4v) is 1.85. The number of para-hydroxylation sites is 1. The highest BCUT2D eigenvalue weighted by atomic mass is 79.9. The molecule has 94 valence electrons. The maximum Gasteiger partial charge on any atom is 0.232 e. The molecule has 1 aromatic carbocycles. The summed E-state index contributed by atoms with van der Waals surface area (Å²) in [5.74, 6) is 0.952. The second-order valence-corrected chi connectivity index (χ2v) is 4.39. The van der Waals surface area contributed by atoms with Gasteiger partial charge in [0.15, 0.2) is 0 Å². The van der Waals surface area contributed by atoms with E-state index < -0.39 is 0 Å². The van der Waals surface area contributed by atoms with E-state index in [9.17, 15) is 0 Å². The molecule has 0 amide bonds. The van der Waals surface area contributed by atoms with E-state index in [0.29, 0.717) is 22.8 Å². The van der Waals surface area contributed by atoms with Crippen LogP contribution in [0.15, 0.2) is 34.9 Å². The van der Waals surface area contributed by atoms with Gasteiger partial charge in [0.25, 0.3) is 0 Å². The highest BCUT2D eigenvalue weighted by molar-refractivity contribution is 9.10. The maximum absolute atomic E-state index is 5.67. The number of benzene rings is 1. The first kappa shape index (κ1) is 12.8. The van der Waals surface area contributed by atoms with E-state index in [-0.39, 0.29) is 0 Å². The second-order valence-electron chi connectivity index (χ2n) is 3.54. The van der Waals surface area contributed by atoms with Crippen molar-refractivity contribution in [1.82, 2.24) is 9.97 Å². The van der Waals surface area contributed by atoms with Crippen LogP contribution in [0.2, 0.25) is 0 Å². The molecule has 3 N–H and O–H groups in total. The molecule has 0 saturated heterocycles. The van der Waals surface area contributed by atoms with Gasteiger partial charge in [0.1, 0.15) is 0 Å². The van der Waals surface area contributed by atoms with Crippen LogP contribution in [0, 0.1) is 0 Å². The first-order valence-corrected chi connectivity index (χ1v) is 6.15. The third kappa shape index (κ3) is 2.77. The van der Waals surface area contributed by atoms with Gasteiger partial charge in [-0.2, -0.15) is 4.98 Å². The van der Waals surface area contributed by atoms with Crippen molar-refractivity contribution in [3.05, 3.63) is 40.5 Å². The van der Waals surface area contributed by atoms with Gasteiger partial charge in [-0.05, 0) is 27.6 Å². The van der Waals surface area contributed by atoms with Crippen LogP contribution in [0.3, 0.4) is 0 Å². The van der Waals surface area contributed by atoms with E-state index in [1.54, 1.807) is 13.3 Å². The number of ether oxygens (including phenoxy) is 1. The number of methoxy groups -OCH3 is 1. The highest BCUT2D eigenvalue weighted by Crippen LogP contribution is 2.24. The Morgan fingerprint density at radius 1 is 1.39 bits per heavy atom. The lowest BCUT2D eigenvalue weighted by Gasteiger charge is -2.10. The lowest BCUT2D eigenvalue weighted by Crippen LogP contribution is -2.04. The van der Waals surface area contributed by atoms with E-state index >= 15 is 0 Å². The third-order valence-electron chi connectivity index (χ3n) is 2.39. The van der Waals surface area contributed by atoms with E-state index in [4.69, 9.17) is 10.5 Å². The zero-order chi connectivity index (χ0) is 13.0. The molecule has 0 unspecified atom stereocenters. The fourth-order valence-electron chi connectivity index (χ4n) is 1.50. The van der Waals surface area contributed by atoms with Crippen molar-refractivity contribution in [1.29, 1.82) is 0 Å². The van der Waals surface area contributed by atoms with Crippen LogP contribution in [0.4, 0.5) is 11.6 Å². The van der Waals surface area contributed by atoms with Gasteiger partial charge in [0, 0.05) is 12.2 Å². The summed E-state index contributed by atoms with van der Waals surface area (Å²) in [6.45, 7) is 0.455. The molecule has 0 aliphatic heterocycles. The van der Waals surface area contributed by atoms with Crippen LogP contribution in [-0.4, -0.2) is 17.1 Å². The number of halogens is 1. The van der Waals surface area contributed by atoms with Crippen molar-refractivity contribution in [2.45, 2.75) is 6.54 Å². The van der Waals surface area contributed by atoms with Crippen molar-refractivity contribution >= 4 is 27.6 Å². The molecule has 2 aromatic rings. The lowest BCUT2D eigenvalue weighted by atomic mass is 10.2. The Morgan fingerprint density at radius 3 is 2.89 bits per heavy atom. The number of anilines is 2. The minimum atomic E-state index is 0.455. The van der Waals surface area contributed by atoms with Gasteiger partial charge >= 0.3 is 0 Å². The van der Waals surface area contributed by atoms with Gasteiger partial charge < -0.3 is 15.8 Å². The summed E-state index contributed by atoms with van der Waals surface area (Å²) in [6.07, 6.45) is 1.64.